The lowest BCUT2D eigenvalue weighted by atomic mass is 9.78. The second-order valence-electron chi connectivity index (χ2n) is 5.70. The Morgan fingerprint density at radius 2 is 2.05 bits per heavy atom. The average molecular weight is 281 g/mol. The first-order valence-electron chi connectivity index (χ1n) is 6.79. The molecule has 3 nitrogen and oxygen atoms in total. The van der Waals surface area contributed by atoms with Gasteiger partial charge in [0, 0.05) is 18.8 Å². The lowest BCUT2D eigenvalue weighted by Crippen LogP contribution is -2.42. The minimum Gasteiger partial charge on any atom is -0.399 e. The van der Waals surface area contributed by atoms with Crippen LogP contribution in [0.2, 0.25) is 5.02 Å². The number of anilines is 1. The largest absolute Gasteiger partial charge is 0.399 e. The smallest absolute Gasteiger partial charge is 0.255 e. The van der Waals surface area contributed by atoms with Crippen LogP contribution in [0, 0.1) is 5.41 Å². The van der Waals surface area contributed by atoms with Crippen LogP contribution in [0.3, 0.4) is 0 Å². The van der Waals surface area contributed by atoms with E-state index in [1.54, 1.807) is 18.2 Å². The molecule has 0 bridgehead atoms. The molecule has 1 amide bonds. The number of carbonyl (C=O) groups is 1. The van der Waals surface area contributed by atoms with Gasteiger partial charge in [0.2, 0.25) is 0 Å². The summed E-state index contributed by atoms with van der Waals surface area (Å²) in [6.07, 6.45) is 3.26. The second kappa shape index (κ2) is 5.41. The maximum Gasteiger partial charge on any atom is 0.255 e. The topological polar surface area (TPSA) is 46.3 Å². The van der Waals surface area contributed by atoms with Crippen LogP contribution in [-0.2, 0) is 0 Å². The normalized spacial score (nSPS) is 18.4. The molecule has 0 unspecified atom stereocenters. The molecule has 1 saturated heterocycles. The van der Waals surface area contributed by atoms with Gasteiger partial charge in [-0.25, -0.2) is 0 Å². The SMILES string of the molecule is CCC1(C)CCN(C(=O)c2cc(N)ccc2Cl)CC1. The Balaban J connectivity index is 2.11. The number of hydrogen-bond donors (Lipinski definition) is 1. The van der Waals surface area contributed by atoms with E-state index < -0.39 is 0 Å². The van der Waals surface area contributed by atoms with E-state index in [4.69, 9.17) is 17.3 Å². The summed E-state index contributed by atoms with van der Waals surface area (Å²) in [5.74, 6) is -0.00421. The van der Waals surface area contributed by atoms with E-state index in [-0.39, 0.29) is 5.91 Å². The van der Waals surface area contributed by atoms with Crippen molar-refractivity contribution in [2.75, 3.05) is 18.8 Å². The van der Waals surface area contributed by atoms with Crippen LogP contribution in [0.4, 0.5) is 5.69 Å². The Kier molecular flexibility index (Phi) is 4.04. The van der Waals surface area contributed by atoms with Crippen molar-refractivity contribution in [3.8, 4) is 0 Å². The van der Waals surface area contributed by atoms with Crippen molar-refractivity contribution in [3.05, 3.63) is 28.8 Å². The van der Waals surface area contributed by atoms with Crippen molar-refractivity contribution < 1.29 is 4.79 Å². The summed E-state index contributed by atoms with van der Waals surface area (Å²) in [4.78, 5) is 14.3. The fourth-order valence-electron chi connectivity index (χ4n) is 2.48. The molecule has 4 heteroatoms. The molecule has 1 heterocycles. The Bertz CT molecular complexity index is 479. The molecule has 0 spiro atoms. The predicted octanol–water partition coefficient (Wildman–Crippen LogP) is 3.57. The van der Waals surface area contributed by atoms with Crippen molar-refractivity contribution in [2.24, 2.45) is 5.41 Å². The highest BCUT2D eigenvalue weighted by Crippen LogP contribution is 2.34. The van der Waals surface area contributed by atoms with Gasteiger partial charge in [0.15, 0.2) is 0 Å². The highest BCUT2D eigenvalue weighted by atomic mass is 35.5. The molecule has 19 heavy (non-hydrogen) atoms. The molecule has 1 fully saturated rings. The molecular weight excluding hydrogens is 260 g/mol. The first-order valence-corrected chi connectivity index (χ1v) is 7.17. The summed E-state index contributed by atoms with van der Waals surface area (Å²) in [7, 11) is 0. The molecule has 2 rings (SSSR count). The number of nitrogen functional groups attached to an aromatic ring is 1. The fraction of sp³-hybridized carbons (Fsp3) is 0.533. The summed E-state index contributed by atoms with van der Waals surface area (Å²) in [6, 6.07) is 5.06. The Labute approximate surface area is 119 Å². The summed E-state index contributed by atoms with van der Waals surface area (Å²) in [6.45, 7) is 6.11. The lowest BCUT2D eigenvalue weighted by molar-refractivity contribution is 0.0600. The number of likely N-dealkylation sites (tertiary alicyclic amines) is 1. The molecule has 2 N–H and O–H groups in total. The van der Waals surface area contributed by atoms with Crippen molar-refractivity contribution in [1.82, 2.24) is 4.90 Å². The zero-order valence-electron chi connectivity index (χ0n) is 11.6. The van der Waals surface area contributed by atoms with Crippen molar-refractivity contribution in [3.63, 3.8) is 0 Å². The van der Waals surface area contributed by atoms with Crippen LogP contribution in [0.1, 0.15) is 43.5 Å². The summed E-state index contributed by atoms with van der Waals surface area (Å²) < 4.78 is 0. The van der Waals surface area contributed by atoms with E-state index in [2.05, 4.69) is 13.8 Å². The van der Waals surface area contributed by atoms with Gasteiger partial charge in [-0.3, -0.25) is 4.79 Å². The standard InChI is InChI=1S/C15H21ClN2O/c1-3-15(2)6-8-18(9-7-15)14(19)12-10-11(17)4-5-13(12)16/h4-5,10H,3,6-9,17H2,1-2H3. The fourth-order valence-corrected chi connectivity index (χ4v) is 2.68. The van der Waals surface area contributed by atoms with Gasteiger partial charge in [0.05, 0.1) is 10.6 Å². The van der Waals surface area contributed by atoms with E-state index in [1.807, 2.05) is 4.90 Å². The van der Waals surface area contributed by atoms with Crippen molar-refractivity contribution in [1.29, 1.82) is 0 Å². The number of nitrogens with zero attached hydrogens (tertiary/aromatic N) is 1. The third-order valence-corrected chi connectivity index (χ3v) is 4.66. The van der Waals surface area contributed by atoms with Gasteiger partial charge in [-0.2, -0.15) is 0 Å². The molecule has 0 aromatic heterocycles. The van der Waals surface area contributed by atoms with E-state index in [0.717, 1.165) is 32.4 Å². The molecular formula is C15H21ClN2O. The number of rotatable bonds is 2. The Morgan fingerprint density at radius 1 is 1.42 bits per heavy atom. The number of hydrogen-bond acceptors (Lipinski definition) is 2. The number of nitrogens with two attached hydrogens (primary N) is 1. The van der Waals surface area contributed by atoms with Crippen LogP contribution in [0.25, 0.3) is 0 Å². The van der Waals surface area contributed by atoms with Gasteiger partial charge in [-0.05, 0) is 36.5 Å². The molecule has 0 radical (unpaired) electrons. The predicted molar refractivity (Wildman–Crippen MR) is 79.4 cm³/mol. The minimum atomic E-state index is -0.00421. The molecule has 0 atom stereocenters. The number of piperidine rings is 1. The van der Waals surface area contributed by atoms with Crippen LogP contribution >= 0.6 is 11.6 Å². The maximum atomic E-state index is 12.5. The Hall–Kier alpha value is -1.22. The molecule has 1 aliphatic rings. The van der Waals surface area contributed by atoms with Crippen LogP contribution in [0.15, 0.2) is 18.2 Å². The summed E-state index contributed by atoms with van der Waals surface area (Å²) in [5.41, 5.74) is 7.19. The number of halogens is 1. The molecule has 1 aromatic carbocycles. The third-order valence-electron chi connectivity index (χ3n) is 4.33. The monoisotopic (exact) mass is 280 g/mol. The van der Waals surface area contributed by atoms with Gasteiger partial charge in [0.25, 0.3) is 5.91 Å². The lowest BCUT2D eigenvalue weighted by Gasteiger charge is -2.39. The summed E-state index contributed by atoms with van der Waals surface area (Å²) >= 11 is 6.09. The van der Waals surface area contributed by atoms with Gasteiger partial charge in [0.1, 0.15) is 0 Å². The van der Waals surface area contributed by atoms with E-state index in [0.29, 0.717) is 21.7 Å². The van der Waals surface area contributed by atoms with E-state index >= 15 is 0 Å². The molecule has 0 aliphatic carbocycles. The van der Waals surface area contributed by atoms with Crippen molar-refractivity contribution >= 4 is 23.2 Å². The highest BCUT2D eigenvalue weighted by Gasteiger charge is 2.31. The van der Waals surface area contributed by atoms with Crippen LogP contribution < -0.4 is 5.73 Å². The zero-order chi connectivity index (χ0) is 14.0. The maximum absolute atomic E-state index is 12.5. The number of amides is 1. The van der Waals surface area contributed by atoms with Gasteiger partial charge >= 0.3 is 0 Å². The quantitative estimate of drug-likeness (QED) is 0.842. The van der Waals surface area contributed by atoms with Crippen LogP contribution in [0.5, 0.6) is 0 Å². The molecule has 1 aliphatic heterocycles. The highest BCUT2D eigenvalue weighted by molar-refractivity contribution is 6.34. The third kappa shape index (κ3) is 3.03. The van der Waals surface area contributed by atoms with Crippen molar-refractivity contribution in [2.45, 2.75) is 33.1 Å². The van der Waals surface area contributed by atoms with Gasteiger partial charge < -0.3 is 10.6 Å². The molecule has 0 saturated carbocycles. The van der Waals surface area contributed by atoms with Gasteiger partial charge in [-0.1, -0.05) is 31.9 Å². The van der Waals surface area contributed by atoms with Gasteiger partial charge in [-0.15, -0.1) is 0 Å². The molecule has 104 valence electrons. The first-order chi connectivity index (χ1) is 8.95. The number of carbonyl (C=O) groups excluding carboxylic acids is 1. The minimum absolute atomic E-state index is 0.00421. The average Bonchev–Trinajstić information content (AvgIpc) is 2.42. The molecule has 1 aromatic rings. The second-order valence-corrected chi connectivity index (χ2v) is 6.10. The van der Waals surface area contributed by atoms with E-state index in [1.165, 1.54) is 0 Å². The van der Waals surface area contributed by atoms with E-state index in [9.17, 15) is 4.79 Å². The first kappa shape index (κ1) is 14.2. The van der Waals surface area contributed by atoms with Crippen LogP contribution in [-0.4, -0.2) is 23.9 Å². The Morgan fingerprint density at radius 3 is 2.63 bits per heavy atom. The summed E-state index contributed by atoms with van der Waals surface area (Å²) in [5, 5.41) is 0.475. The zero-order valence-corrected chi connectivity index (χ0v) is 12.3. The number of benzene rings is 1.